The molecule has 0 aliphatic heterocycles. The zero-order chi connectivity index (χ0) is 15.2. The normalized spacial score (nSPS) is 14.2. The summed E-state index contributed by atoms with van der Waals surface area (Å²) in [5, 5.41) is 8.98. The summed E-state index contributed by atoms with van der Waals surface area (Å²) in [5.74, 6) is 0.186. The van der Waals surface area contributed by atoms with E-state index in [0.717, 1.165) is 25.2 Å². The van der Waals surface area contributed by atoms with E-state index in [9.17, 15) is 4.79 Å². The topological polar surface area (TPSA) is 37.3 Å². The smallest absolute Gasteiger partial charge is 0.306 e. The molecule has 0 aliphatic carbocycles. The van der Waals surface area contributed by atoms with Gasteiger partial charge < -0.3 is 5.11 Å². The lowest BCUT2D eigenvalue weighted by Crippen LogP contribution is -2.12. The number of carbonyl (C=O) groups is 1. The van der Waals surface area contributed by atoms with Crippen molar-refractivity contribution in [3.05, 3.63) is 0 Å². The summed E-state index contributed by atoms with van der Waals surface area (Å²) in [7, 11) is 0. The maximum absolute atomic E-state index is 10.9. The van der Waals surface area contributed by atoms with Crippen molar-refractivity contribution < 1.29 is 9.90 Å². The first-order chi connectivity index (χ1) is 9.65. The molecule has 0 saturated carbocycles. The van der Waals surface area contributed by atoms with Crippen LogP contribution in [0, 0.1) is 11.8 Å². The van der Waals surface area contributed by atoms with Crippen LogP contribution in [0.25, 0.3) is 0 Å². The van der Waals surface area contributed by atoms with Crippen molar-refractivity contribution in [3.8, 4) is 0 Å². The Kier molecular flexibility index (Phi) is 13.1. The predicted octanol–water partition coefficient (Wildman–Crippen LogP) is 6.04. The van der Waals surface area contributed by atoms with Crippen LogP contribution in [0.15, 0.2) is 0 Å². The molecular formula is C18H36O2. The zero-order valence-corrected chi connectivity index (χ0v) is 14.0. The number of carboxylic acids is 1. The predicted molar refractivity (Wildman–Crippen MR) is 87.0 cm³/mol. The van der Waals surface area contributed by atoms with Crippen LogP contribution in [0.3, 0.4) is 0 Å². The molecule has 0 rings (SSSR count). The summed E-state index contributed by atoms with van der Waals surface area (Å²) in [5.41, 5.74) is 0. The maximum atomic E-state index is 10.9. The molecule has 2 unspecified atom stereocenters. The van der Waals surface area contributed by atoms with E-state index in [0.29, 0.717) is 0 Å². The first-order valence-corrected chi connectivity index (χ1v) is 8.88. The Balaban J connectivity index is 3.51. The van der Waals surface area contributed by atoms with Gasteiger partial charge in [0.15, 0.2) is 0 Å². The Labute approximate surface area is 126 Å². The lowest BCUT2D eigenvalue weighted by Gasteiger charge is -2.14. The van der Waals surface area contributed by atoms with Crippen molar-refractivity contribution in [1.29, 1.82) is 0 Å². The van der Waals surface area contributed by atoms with Gasteiger partial charge in [0.1, 0.15) is 0 Å². The third-order valence-electron chi connectivity index (χ3n) is 4.55. The molecule has 0 aromatic carbocycles. The van der Waals surface area contributed by atoms with Crippen molar-refractivity contribution >= 4 is 5.97 Å². The minimum Gasteiger partial charge on any atom is -0.481 e. The standard InChI is InChI=1S/C18H36O2/c1-4-7-10-13-16(5-2)14-11-8-9-12-15-17(6-3)18(19)20/h16-17H,4-15H2,1-3H3,(H,19,20). The van der Waals surface area contributed by atoms with Crippen molar-refractivity contribution in [2.45, 2.75) is 97.8 Å². The molecule has 0 bridgehead atoms. The van der Waals surface area contributed by atoms with Crippen LogP contribution < -0.4 is 0 Å². The first kappa shape index (κ1) is 19.5. The Morgan fingerprint density at radius 2 is 1.35 bits per heavy atom. The third kappa shape index (κ3) is 10.3. The largest absolute Gasteiger partial charge is 0.481 e. The number of unbranched alkanes of at least 4 members (excludes halogenated alkanes) is 5. The molecule has 2 heteroatoms. The number of aliphatic carboxylic acids is 1. The molecule has 0 aliphatic rings. The number of hydrogen-bond donors (Lipinski definition) is 1. The Bertz CT molecular complexity index is 225. The van der Waals surface area contributed by atoms with Crippen LogP contribution in [0.5, 0.6) is 0 Å². The van der Waals surface area contributed by atoms with E-state index < -0.39 is 5.97 Å². The quantitative estimate of drug-likeness (QED) is 0.394. The number of rotatable bonds is 14. The molecule has 1 N–H and O–H groups in total. The van der Waals surface area contributed by atoms with Crippen LogP contribution in [-0.2, 0) is 4.79 Å². The molecule has 0 fully saturated rings. The summed E-state index contributed by atoms with van der Waals surface area (Å²) in [6.45, 7) is 6.55. The summed E-state index contributed by atoms with van der Waals surface area (Å²) in [6, 6.07) is 0. The fourth-order valence-corrected chi connectivity index (χ4v) is 2.92. The monoisotopic (exact) mass is 284 g/mol. The van der Waals surface area contributed by atoms with E-state index in [1.807, 2.05) is 6.92 Å². The molecule has 0 radical (unpaired) electrons. The third-order valence-corrected chi connectivity index (χ3v) is 4.55. The van der Waals surface area contributed by atoms with Gasteiger partial charge in [0.2, 0.25) is 0 Å². The minimum atomic E-state index is -0.616. The van der Waals surface area contributed by atoms with Gasteiger partial charge in [0, 0.05) is 0 Å². The summed E-state index contributed by atoms with van der Waals surface area (Å²) in [6.07, 6.45) is 14.7. The highest BCUT2D eigenvalue weighted by molar-refractivity contribution is 5.69. The average molecular weight is 284 g/mol. The second-order valence-corrected chi connectivity index (χ2v) is 6.21. The zero-order valence-electron chi connectivity index (χ0n) is 14.0. The van der Waals surface area contributed by atoms with E-state index in [-0.39, 0.29) is 5.92 Å². The van der Waals surface area contributed by atoms with Crippen LogP contribution >= 0.6 is 0 Å². The highest BCUT2D eigenvalue weighted by Gasteiger charge is 2.13. The summed E-state index contributed by atoms with van der Waals surface area (Å²) >= 11 is 0. The van der Waals surface area contributed by atoms with E-state index in [1.54, 1.807) is 0 Å². The van der Waals surface area contributed by atoms with Gasteiger partial charge in [0.25, 0.3) is 0 Å². The van der Waals surface area contributed by atoms with Crippen LogP contribution in [-0.4, -0.2) is 11.1 Å². The van der Waals surface area contributed by atoms with Crippen LogP contribution in [0.1, 0.15) is 97.8 Å². The van der Waals surface area contributed by atoms with Crippen molar-refractivity contribution in [2.75, 3.05) is 0 Å². The Morgan fingerprint density at radius 3 is 1.80 bits per heavy atom. The van der Waals surface area contributed by atoms with E-state index >= 15 is 0 Å². The van der Waals surface area contributed by atoms with Crippen LogP contribution in [0.2, 0.25) is 0 Å². The molecule has 0 saturated heterocycles. The van der Waals surface area contributed by atoms with Gasteiger partial charge >= 0.3 is 5.97 Å². The molecule has 0 aromatic rings. The maximum Gasteiger partial charge on any atom is 0.306 e. The van der Waals surface area contributed by atoms with E-state index in [1.165, 1.54) is 57.8 Å². The lowest BCUT2D eigenvalue weighted by molar-refractivity contribution is -0.142. The molecule has 0 aromatic heterocycles. The van der Waals surface area contributed by atoms with Gasteiger partial charge in [-0.3, -0.25) is 4.79 Å². The minimum absolute atomic E-state index is 0.118. The molecule has 120 valence electrons. The SMILES string of the molecule is CCCCCC(CC)CCCCCCC(CC)C(=O)O. The molecule has 0 amide bonds. The highest BCUT2D eigenvalue weighted by Crippen LogP contribution is 2.21. The molecule has 2 nitrogen and oxygen atoms in total. The van der Waals surface area contributed by atoms with Gasteiger partial charge in [-0.2, -0.15) is 0 Å². The van der Waals surface area contributed by atoms with E-state index in [4.69, 9.17) is 5.11 Å². The van der Waals surface area contributed by atoms with Crippen molar-refractivity contribution in [1.82, 2.24) is 0 Å². The van der Waals surface area contributed by atoms with Gasteiger partial charge in [-0.05, 0) is 18.8 Å². The second-order valence-electron chi connectivity index (χ2n) is 6.21. The van der Waals surface area contributed by atoms with Gasteiger partial charge in [-0.15, -0.1) is 0 Å². The molecule has 0 spiro atoms. The molecule has 2 atom stereocenters. The van der Waals surface area contributed by atoms with Crippen molar-refractivity contribution in [3.63, 3.8) is 0 Å². The number of hydrogen-bond acceptors (Lipinski definition) is 1. The first-order valence-electron chi connectivity index (χ1n) is 8.88. The summed E-state index contributed by atoms with van der Waals surface area (Å²) in [4.78, 5) is 10.9. The van der Waals surface area contributed by atoms with Gasteiger partial charge in [-0.1, -0.05) is 85.0 Å². The average Bonchev–Trinajstić information content (AvgIpc) is 2.44. The van der Waals surface area contributed by atoms with Crippen LogP contribution in [0.4, 0.5) is 0 Å². The second kappa shape index (κ2) is 13.5. The molecule has 0 heterocycles. The van der Waals surface area contributed by atoms with E-state index in [2.05, 4.69) is 13.8 Å². The fourth-order valence-electron chi connectivity index (χ4n) is 2.92. The van der Waals surface area contributed by atoms with Gasteiger partial charge in [-0.25, -0.2) is 0 Å². The highest BCUT2D eigenvalue weighted by atomic mass is 16.4. The Morgan fingerprint density at radius 1 is 0.800 bits per heavy atom. The molecule has 20 heavy (non-hydrogen) atoms. The molecular weight excluding hydrogens is 248 g/mol. The number of carboxylic acid groups (broad SMARTS) is 1. The Hall–Kier alpha value is -0.530. The lowest BCUT2D eigenvalue weighted by atomic mass is 9.92. The fraction of sp³-hybridized carbons (Fsp3) is 0.944. The summed E-state index contributed by atoms with van der Waals surface area (Å²) < 4.78 is 0. The van der Waals surface area contributed by atoms with Gasteiger partial charge in [0.05, 0.1) is 5.92 Å². The van der Waals surface area contributed by atoms with Crippen molar-refractivity contribution in [2.24, 2.45) is 11.8 Å².